The van der Waals surface area contributed by atoms with Crippen molar-refractivity contribution in [2.75, 3.05) is 5.73 Å². The maximum Gasteiger partial charge on any atom is 0.273 e. The molecule has 0 atom stereocenters. The second-order valence-electron chi connectivity index (χ2n) is 3.38. The van der Waals surface area contributed by atoms with Gasteiger partial charge in [0.05, 0.1) is 5.56 Å². The molecule has 0 fully saturated rings. The number of hydrogen-bond donors (Lipinski definition) is 3. The molecule has 0 bridgehead atoms. The minimum absolute atomic E-state index is 0.173. The maximum absolute atomic E-state index is 11.5. The Kier molecular flexibility index (Phi) is 2.33. The van der Waals surface area contributed by atoms with Crippen molar-refractivity contribution in [3.05, 3.63) is 40.2 Å². The highest BCUT2D eigenvalue weighted by atomic mass is 16.1. The normalized spacial score (nSPS) is 10.5. The van der Waals surface area contributed by atoms with Gasteiger partial charge in [-0.15, -0.1) is 0 Å². The molecule has 15 heavy (non-hydrogen) atoms. The average molecular weight is 203 g/mol. The molecule has 78 valence electrons. The van der Waals surface area contributed by atoms with Crippen LogP contribution in [0.1, 0.15) is 12.5 Å². The Hall–Kier alpha value is -1.97. The quantitative estimate of drug-likeness (QED) is 0.692. The lowest BCUT2D eigenvalue weighted by Crippen LogP contribution is -2.04. The fourth-order valence-electron chi connectivity index (χ4n) is 1.71. The minimum Gasteiger partial charge on any atom is -0.383 e. The summed E-state index contributed by atoms with van der Waals surface area (Å²) in [6, 6.07) is 7.77. The van der Waals surface area contributed by atoms with Crippen molar-refractivity contribution in [1.82, 2.24) is 10.2 Å². The summed E-state index contributed by atoms with van der Waals surface area (Å²) in [4.78, 5) is 11.5. The zero-order valence-electron chi connectivity index (χ0n) is 8.50. The van der Waals surface area contributed by atoms with E-state index >= 15 is 0 Å². The summed E-state index contributed by atoms with van der Waals surface area (Å²) in [6.07, 6.45) is 0.875. The third-order valence-corrected chi connectivity index (χ3v) is 2.47. The van der Waals surface area contributed by atoms with E-state index in [-0.39, 0.29) is 5.56 Å². The molecule has 1 heterocycles. The largest absolute Gasteiger partial charge is 0.383 e. The first-order chi connectivity index (χ1) is 7.24. The van der Waals surface area contributed by atoms with E-state index in [1.165, 1.54) is 0 Å². The van der Waals surface area contributed by atoms with Crippen molar-refractivity contribution >= 4 is 5.82 Å². The van der Waals surface area contributed by atoms with Crippen LogP contribution in [0.4, 0.5) is 5.82 Å². The molecule has 4 heteroatoms. The third-order valence-electron chi connectivity index (χ3n) is 2.47. The Morgan fingerprint density at radius 2 is 2.00 bits per heavy atom. The van der Waals surface area contributed by atoms with Crippen LogP contribution >= 0.6 is 0 Å². The van der Waals surface area contributed by atoms with Gasteiger partial charge in [-0.1, -0.05) is 31.2 Å². The summed E-state index contributed by atoms with van der Waals surface area (Å²) in [7, 11) is 0. The third kappa shape index (κ3) is 1.54. The number of aryl methyl sites for hydroxylation is 1. The smallest absolute Gasteiger partial charge is 0.273 e. The fourth-order valence-corrected chi connectivity index (χ4v) is 1.71. The van der Waals surface area contributed by atoms with Crippen molar-refractivity contribution in [3.63, 3.8) is 0 Å². The molecule has 2 aromatic rings. The highest BCUT2D eigenvalue weighted by Gasteiger charge is 2.11. The van der Waals surface area contributed by atoms with Crippen LogP contribution in [0.25, 0.3) is 11.1 Å². The van der Waals surface area contributed by atoms with E-state index < -0.39 is 0 Å². The van der Waals surface area contributed by atoms with Crippen LogP contribution < -0.4 is 11.3 Å². The van der Waals surface area contributed by atoms with Gasteiger partial charge in [0.25, 0.3) is 5.56 Å². The van der Waals surface area contributed by atoms with Gasteiger partial charge in [0.15, 0.2) is 0 Å². The van der Waals surface area contributed by atoms with E-state index in [0.717, 1.165) is 17.5 Å². The summed E-state index contributed by atoms with van der Waals surface area (Å²) >= 11 is 0. The first-order valence-corrected chi connectivity index (χ1v) is 4.88. The van der Waals surface area contributed by atoms with Gasteiger partial charge >= 0.3 is 0 Å². The summed E-state index contributed by atoms with van der Waals surface area (Å²) in [5.74, 6) is 0.390. The van der Waals surface area contributed by atoms with Gasteiger partial charge in [0.1, 0.15) is 5.82 Å². The first-order valence-electron chi connectivity index (χ1n) is 4.88. The number of H-pyrrole nitrogens is 2. The van der Waals surface area contributed by atoms with Gasteiger partial charge in [-0.3, -0.25) is 15.0 Å². The van der Waals surface area contributed by atoms with E-state index in [1.807, 2.05) is 24.3 Å². The number of aromatic nitrogens is 2. The van der Waals surface area contributed by atoms with E-state index in [9.17, 15) is 4.79 Å². The lowest BCUT2D eigenvalue weighted by molar-refractivity contribution is 1.06. The van der Waals surface area contributed by atoms with Crippen LogP contribution in [0.15, 0.2) is 29.1 Å². The zero-order valence-corrected chi connectivity index (χ0v) is 8.50. The molecule has 0 unspecified atom stereocenters. The van der Waals surface area contributed by atoms with Gasteiger partial charge in [-0.05, 0) is 17.5 Å². The molecular formula is C11H13N3O. The molecular weight excluding hydrogens is 190 g/mol. The van der Waals surface area contributed by atoms with Crippen LogP contribution in [-0.4, -0.2) is 10.2 Å². The van der Waals surface area contributed by atoms with Crippen molar-refractivity contribution in [3.8, 4) is 11.1 Å². The van der Waals surface area contributed by atoms with Gasteiger partial charge in [0, 0.05) is 0 Å². The van der Waals surface area contributed by atoms with Crippen molar-refractivity contribution < 1.29 is 0 Å². The van der Waals surface area contributed by atoms with Crippen LogP contribution in [-0.2, 0) is 6.42 Å². The molecule has 0 saturated carbocycles. The van der Waals surface area contributed by atoms with E-state index in [4.69, 9.17) is 5.73 Å². The molecule has 0 amide bonds. The number of nitrogens with one attached hydrogen (secondary N) is 2. The number of hydrogen-bond acceptors (Lipinski definition) is 2. The topological polar surface area (TPSA) is 74.7 Å². The Labute approximate surface area is 87.1 Å². The zero-order chi connectivity index (χ0) is 10.8. The van der Waals surface area contributed by atoms with Crippen molar-refractivity contribution in [1.29, 1.82) is 0 Å². The minimum atomic E-state index is -0.173. The van der Waals surface area contributed by atoms with Gasteiger partial charge in [0.2, 0.25) is 0 Å². The van der Waals surface area contributed by atoms with Crippen molar-refractivity contribution in [2.45, 2.75) is 13.3 Å². The maximum atomic E-state index is 11.5. The van der Waals surface area contributed by atoms with Crippen LogP contribution in [0, 0.1) is 0 Å². The molecule has 0 aliphatic carbocycles. The molecule has 0 aliphatic rings. The van der Waals surface area contributed by atoms with Gasteiger partial charge < -0.3 is 5.73 Å². The van der Waals surface area contributed by atoms with Crippen LogP contribution in [0.3, 0.4) is 0 Å². The number of benzene rings is 1. The summed E-state index contributed by atoms with van der Waals surface area (Å²) in [5, 5.41) is 5.11. The Morgan fingerprint density at radius 3 is 2.60 bits per heavy atom. The van der Waals surface area contributed by atoms with Crippen LogP contribution in [0.5, 0.6) is 0 Å². The van der Waals surface area contributed by atoms with Crippen molar-refractivity contribution in [2.24, 2.45) is 0 Å². The number of nitrogen functional groups attached to an aromatic ring is 1. The molecule has 0 aliphatic heterocycles. The first kappa shape index (κ1) is 9.58. The molecule has 1 aromatic heterocycles. The molecule has 4 N–H and O–H groups in total. The summed E-state index contributed by atoms with van der Waals surface area (Å²) in [5.41, 5.74) is 8.09. The van der Waals surface area contributed by atoms with E-state index in [2.05, 4.69) is 17.1 Å². The molecule has 2 rings (SSSR count). The molecule has 0 saturated heterocycles. The highest BCUT2D eigenvalue weighted by Crippen LogP contribution is 2.24. The van der Waals surface area contributed by atoms with Gasteiger partial charge in [-0.2, -0.15) is 0 Å². The van der Waals surface area contributed by atoms with E-state index in [0.29, 0.717) is 11.4 Å². The second kappa shape index (κ2) is 3.65. The van der Waals surface area contributed by atoms with Crippen LogP contribution in [0.2, 0.25) is 0 Å². The average Bonchev–Trinajstić information content (AvgIpc) is 2.59. The predicted octanol–water partition coefficient (Wildman–Crippen LogP) is 1.51. The standard InChI is InChI=1S/C11H13N3O/c1-2-7-5-3-4-6-8(7)9-10(12)13-14-11(9)15/h3-6H,2H2,1H3,(H4,12,13,14,15). The lowest BCUT2D eigenvalue weighted by atomic mass is 10.00. The summed E-state index contributed by atoms with van der Waals surface area (Å²) < 4.78 is 0. The number of rotatable bonds is 2. The molecule has 0 radical (unpaired) electrons. The number of nitrogens with two attached hydrogens (primary N) is 1. The Bertz CT molecular complexity index is 525. The lowest BCUT2D eigenvalue weighted by Gasteiger charge is -2.04. The highest BCUT2D eigenvalue weighted by molar-refractivity contribution is 5.75. The van der Waals surface area contributed by atoms with Gasteiger partial charge in [-0.25, -0.2) is 0 Å². The summed E-state index contributed by atoms with van der Waals surface area (Å²) in [6.45, 7) is 2.05. The molecule has 4 nitrogen and oxygen atoms in total. The molecule has 1 aromatic carbocycles. The Morgan fingerprint density at radius 1 is 1.27 bits per heavy atom. The second-order valence-corrected chi connectivity index (χ2v) is 3.38. The number of aromatic amines is 2. The predicted molar refractivity (Wildman–Crippen MR) is 60.6 cm³/mol. The fraction of sp³-hybridized carbons (Fsp3) is 0.182. The number of anilines is 1. The van der Waals surface area contributed by atoms with E-state index in [1.54, 1.807) is 0 Å². The monoisotopic (exact) mass is 203 g/mol. The molecule has 0 spiro atoms. The SMILES string of the molecule is CCc1ccccc1-c1c(N)[nH][nH]c1=O. The Balaban J connectivity index is 2.69.